The number of amides is 2. The lowest BCUT2D eigenvalue weighted by Gasteiger charge is -2.20. The second-order valence-corrected chi connectivity index (χ2v) is 6.35. The molecular weight excluding hydrogens is 292 g/mol. The number of hydrogen-bond acceptors (Lipinski definition) is 3. The zero-order valence-electron chi connectivity index (χ0n) is 13.9. The van der Waals surface area contributed by atoms with Gasteiger partial charge in [-0.15, -0.1) is 0 Å². The highest BCUT2D eigenvalue weighted by molar-refractivity contribution is 5.84. The van der Waals surface area contributed by atoms with Gasteiger partial charge in [0.2, 0.25) is 5.91 Å². The molecule has 1 fully saturated rings. The molecule has 1 aliphatic rings. The third kappa shape index (κ3) is 5.27. The van der Waals surface area contributed by atoms with Gasteiger partial charge in [0.1, 0.15) is 5.75 Å². The molecule has 1 aromatic carbocycles. The lowest BCUT2D eigenvalue weighted by molar-refractivity contribution is -0.132. The minimum Gasteiger partial charge on any atom is -0.483 e. The van der Waals surface area contributed by atoms with Gasteiger partial charge in [-0.25, -0.2) is 0 Å². The summed E-state index contributed by atoms with van der Waals surface area (Å²) in [6.07, 6.45) is 5.17. The molecule has 23 heavy (non-hydrogen) atoms. The van der Waals surface area contributed by atoms with Crippen molar-refractivity contribution in [3.05, 3.63) is 29.8 Å². The van der Waals surface area contributed by atoms with E-state index in [0.717, 1.165) is 31.2 Å². The van der Waals surface area contributed by atoms with E-state index in [1.165, 1.54) is 6.42 Å². The smallest absolute Gasteiger partial charge is 0.276 e. The molecule has 5 nitrogen and oxygen atoms in total. The molecule has 0 aromatic heterocycles. The predicted octanol–water partition coefficient (Wildman–Crippen LogP) is 2.92. The Labute approximate surface area is 137 Å². The minimum absolute atomic E-state index is 0.0200. The number of rotatable bonds is 5. The van der Waals surface area contributed by atoms with Crippen LogP contribution in [-0.2, 0) is 9.59 Å². The van der Waals surface area contributed by atoms with E-state index in [4.69, 9.17) is 4.74 Å². The van der Waals surface area contributed by atoms with Gasteiger partial charge in [-0.1, -0.05) is 51.3 Å². The Morgan fingerprint density at radius 1 is 1.13 bits per heavy atom. The quantitative estimate of drug-likeness (QED) is 0.820. The molecule has 0 radical (unpaired) electrons. The monoisotopic (exact) mass is 318 g/mol. The van der Waals surface area contributed by atoms with Crippen LogP contribution < -0.4 is 15.6 Å². The molecule has 0 bridgehead atoms. The van der Waals surface area contributed by atoms with Gasteiger partial charge >= 0.3 is 0 Å². The van der Waals surface area contributed by atoms with Crippen molar-refractivity contribution in [1.29, 1.82) is 0 Å². The van der Waals surface area contributed by atoms with Crippen molar-refractivity contribution in [2.45, 2.75) is 51.9 Å². The first-order chi connectivity index (χ1) is 11.1. The van der Waals surface area contributed by atoms with E-state index in [0.29, 0.717) is 11.7 Å². The van der Waals surface area contributed by atoms with Gasteiger partial charge in [0.25, 0.3) is 5.91 Å². The summed E-state index contributed by atoms with van der Waals surface area (Å²) in [4.78, 5) is 23.8. The van der Waals surface area contributed by atoms with Gasteiger partial charge in [0, 0.05) is 5.92 Å². The van der Waals surface area contributed by atoms with Crippen molar-refractivity contribution in [2.24, 2.45) is 5.92 Å². The standard InChI is InChI=1S/C18H26N2O3/c1-13(2)15-10-6-7-11-16(15)23-12-17(21)19-20-18(22)14-8-4-3-5-9-14/h6-7,10-11,13-14H,3-5,8-9,12H2,1-2H3,(H,19,21)(H,20,22). The average molecular weight is 318 g/mol. The van der Waals surface area contributed by atoms with Gasteiger partial charge in [0.05, 0.1) is 0 Å². The van der Waals surface area contributed by atoms with Crippen molar-refractivity contribution in [3.8, 4) is 5.75 Å². The largest absolute Gasteiger partial charge is 0.483 e. The fourth-order valence-corrected chi connectivity index (χ4v) is 2.87. The summed E-state index contributed by atoms with van der Waals surface area (Å²) in [6.45, 7) is 4.04. The molecule has 1 aromatic rings. The number of benzene rings is 1. The molecular formula is C18H26N2O3. The van der Waals surface area contributed by atoms with Crippen molar-refractivity contribution >= 4 is 11.8 Å². The van der Waals surface area contributed by atoms with Crippen LogP contribution in [0.2, 0.25) is 0 Å². The molecule has 126 valence electrons. The number of carbonyl (C=O) groups excluding carboxylic acids is 2. The maximum absolute atomic E-state index is 12.0. The van der Waals surface area contributed by atoms with Crippen LogP contribution in [0.5, 0.6) is 5.75 Å². The van der Waals surface area contributed by atoms with Crippen LogP contribution in [0.15, 0.2) is 24.3 Å². The minimum atomic E-state index is -0.354. The van der Waals surface area contributed by atoms with E-state index in [1.807, 2.05) is 24.3 Å². The zero-order valence-corrected chi connectivity index (χ0v) is 13.9. The van der Waals surface area contributed by atoms with Crippen molar-refractivity contribution in [2.75, 3.05) is 6.61 Å². The molecule has 2 rings (SSSR count). The zero-order chi connectivity index (χ0) is 16.7. The maximum atomic E-state index is 12.0. The summed E-state index contributed by atoms with van der Waals surface area (Å²) >= 11 is 0. The molecule has 0 spiro atoms. The van der Waals surface area contributed by atoms with Crippen LogP contribution in [0, 0.1) is 5.92 Å². The van der Waals surface area contributed by atoms with E-state index in [-0.39, 0.29) is 24.3 Å². The lowest BCUT2D eigenvalue weighted by atomic mass is 9.89. The Morgan fingerprint density at radius 2 is 1.83 bits per heavy atom. The Morgan fingerprint density at radius 3 is 2.52 bits per heavy atom. The van der Waals surface area contributed by atoms with Gasteiger partial charge in [-0.3, -0.25) is 20.4 Å². The second-order valence-electron chi connectivity index (χ2n) is 6.35. The van der Waals surface area contributed by atoms with E-state index in [1.54, 1.807) is 0 Å². The summed E-state index contributed by atoms with van der Waals surface area (Å²) < 4.78 is 5.57. The highest BCUT2D eigenvalue weighted by Gasteiger charge is 2.21. The molecule has 0 heterocycles. The van der Waals surface area contributed by atoms with Crippen LogP contribution in [-0.4, -0.2) is 18.4 Å². The van der Waals surface area contributed by atoms with Crippen LogP contribution in [0.3, 0.4) is 0 Å². The first kappa shape index (κ1) is 17.3. The normalized spacial score (nSPS) is 15.3. The third-order valence-electron chi connectivity index (χ3n) is 4.20. The van der Waals surface area contributed by atoms with E-state index in [9.17, 15) is 9.59 Å². The van der Waals surface area contributed by atoms with Crippen LogP contribution >= 0.6 is 0 Å². The summed E-state index contributed by atoms with van der Waals surface area (Å²) in [5, 5.41) is 0. The highest BCUT2D eigenvalue weighted by Crippen LogP contribution is 2.25. The molecule has 5 heteroatoms. The first-order valence-electron chi connectivity index (χ1n) is 8.38. The molecule has 2 N–H and O–H groups in total. The molecule has 0 unspecified atom stereocenters. The first-order valence-corrected chi connectivity index (χ1v) is 8.38. The summed E-state index contributed by atoms with van der Waals surface area (Å²) in [5.74, 6) is 0.594. The molecule has 0 atom stereocenters. The maximum Gasteiger partial charge on any atom is 0.276 e. The van der Waals surface area contributed by atoms with E-state index < -0.39 is 0 Å². The lowest BCUT2D eigenvalue weighted by Crippen LogP contribution is -2.46. The summed E-state index contributed by atoms with van der Waals surface area (Å²) in [7, 11) is 0. The van der Waals surface area contributed by atoms with E-state index >= 15 is 0 Å². The van der Waals surface area contributed by atoms with Gasteiger partial charge in [-0.2, -0.15) is 0 Å². The highest BCUT2D eigenvalue weighted by atomic mass is 16.5. The SMILES string of the molecule is CC(C)c1ccccc1OCC(=O)NNC(=O)C1CCCCC1. The fourth-order valence-electron chi connectivity index (χ4n) is 2.87. The Balaban J connectivity index is 1.76. The van der Waals surface area contributed by atoms with Crippen LogP contribution in [0.1, 0.15) is 57.4 Å². The number of hydrazine groups is 1. The summed E-state index contributed by atoms with van der Waals surface area (Å²) in [6, 6.07) is 7.67. The van der Waals surface area contributed by atoms with Gasteiger partial charge in [0.15, 0.2) is 6.61 Å². The molecule has 2 amide bonds. The second kappa shape index (κ2) is 8.56. The fraction of sp³-hybridized carbons (Fsp3) is 0.556. The Bertz CT molecular complexity index is 537. The van der Waals surface area contributed by atoms with Gasteiger partial charge in [-0.05, 0) is 30.4 Å². The Kier molecular flexibility index (Phi) is 6.44. The number of ether oxygens (including phenoxy) is 1. The van der Waals surface area contributed by atoms with E-state index in [2.05, 4.69) is 24.7 Å². The number of nitrogens with one attached hydrogen (secondary N) is 2. The average Bonchev–Trinajstić information content (AvgIpc) is 2.58. The molecule has 1 saturated carbocycles. The molecule has 1 aliphatic carbocycles. The number of para-hydroxylation sites is 1. The predicted molar refractivity (Wildman–Crippen MR) is 88.9 cm³/mol. The number of carbonyl (C=O) groups is 2. The molecule has 0 saturated heterocycles. The molecule has 0 aliphatic heterocycles. The van der Waals surface area contributed by atoms with Crippen molar-refractivity contribution in [1.82, 2.24) is 10.9 Å². The third-order valence-corrected chi connectivity index (χ3v) is 4.20. The number of hydrogen-bond donors (Lipinski definition) is 2. The Hall–Kier alpha value is -2.04. The van der Waals surface area contributed by atoms with Crippen LogP contribution in [0.25, 0.3) is 0 Å². The van der Waals surface area contributed by atoms with Crippen LogP contribution in [0.4, 0.5) is 0 Å². The van der Waals surface area contributed by atoms with Crippen molar-refractivity contribution in [3.63, 3.8) is 0 Å². The van der Waals surface area contributed by atoms with Crippen molar-refractivity contribution < 1.29 is 14.3 Å². The topological polar surface area (TPSA) is 67.4 Å². The summed E-state index contributed by atoms with van der Waals surface area (Å²) in [5.41, 5.74) is 6.00. The van der Waals surface area contributed by atoms with Gasteiger partial charge < -0.3 is 4.74 Å².